The highest BCUT2D eigenvalue weighted by Crippen LogP contribution is 2.25. The van der Waals surface area contributed by atoms with Crippen molar-refractivity contribution >= 4 is 46.5 Å². The van der Waals surface area contributed by atoms with Crippen molar-refractivity contribution in [2.75, 3.05) is 11.4 Å². The number of terminal acetylenes is 1. The summed E-state index contributed by atoms with van der Waals surface area (Å²) >= 11 is 16.9. The predicted molar refractivity (Wildman–Crippen MR) is 90.0 cm³/mol. The first kappa shape index (κ1) is 17.7. The number of hydrogen-bond acceptors (Lipinski definition) is 1. The van der Waals surface area contributed by atoms with E-state index in [1.165, 1.54) is 11.0 Å². The molecule has 0 spiro atoms. The molecule has 1 aromatic carbocycles. The van der Waals surface area contributed by atoms with Gasteiger partial charge >= 0.3 is 6.03 Å². The molecule has 0 unspecified atom stereocenters. The highest BCUT2D eigenvalue weighted by atomic mass is 35.5. The molecule has 21 heavy (non-hydrogen) atoms. The summed E-state index contributed by atoms with van der Waals surface area (Å²) in [6.07, 6.45) is 7.01. The summed E-state index contributed by atoms with van der Waals surface area (Å²) in [5.41, 5.74) is -0.173. The minimum Gasteiger partial charge on any atom is -0.334 e. The molecule has 0 aliphatic heterocycles. The van der Waals surface area contributed by atoms with Crippen LogP contribution in [0.4, 0.5) is 10.5 Å². The zero-order valence-corrected chi connectivity index (χ0v) is 13.9. The third kappa shape index (κ3) is 5.17. The van der Waals surface area contributed by atoms with Crippen LogP contribution in [-0.4, -0.2) is 18.1 Å². The number of anilines is 1. The lowest BCUT2D eigenvalue weighted by atomic mass is 10.0. The third-order valence-corrected chi connectivity index (χ3v) is 3.27. The molecule has 3 nitrogen and oxygen atoms in total. The molecule has 6 heteroatoms. The molecule has 1 rings (SSSR count). The molecule has 0 aromatic heterocycles. The zero-order valence-electron chi connectivity index (χ0n) is 11.7. The summed E-state index contributed by atoms with van der Waals surface area (Å²) < 4.78 is 0.0875. The Morgan fingerprint density at radius 3 is 2.43 bits per heavy atom. The van der Waals surface area contributed by atoms with Crippen molar-refractivity contribution in [3.05, 3.63) is 39.9 Å². The summed E-state index contributed by atoms with van der Waals surface area (Å²) in [4.78, 5) is 13.9. The second kappa shape index (κ2) is 7.61. The quantitative estimate of drug-likeness (QED) is 0.796. The molecule has 0 saturated heterocycles. The van der Waals surface area contributed by atoms with Crippen LogP contribution < -0.4 is 10.2 Å². The Bertz CT molecular complexity index is 570. The highest BCUT2D eigenvalue weighted by molar-refractivity contribution is 6.55. The lowest BCUT2D eigenvalue weighted by molar-refractivity contribution is 0.244. The fourth-order valence-electron chi connectivity index (χ4n) is 1.64. The van der Waals surface area contributed by atoms with Gasteiger partial charge in [-0.1, -0.05) is 40.7 Å². The topological polar surface area (TPSA) is 32.3 Å². The van der Waals surface area contributed by atoms with E-state index in [2.05, 4.69) is 11.2 Å². The Hall–Kier alpha value is -1.34. The molecule has 2 amide bonds. The van der Waals surface area contributed by atoms with Crippen LogP contribution in [0, 0.1) is 12.3 Å². The van der Waals surface area contributed by atoms with E-state index in [1.54, 1.807) is 38.1 Å². The lowest BCUT2D eigenvalue weighted by Crippen LogP contribution is -2.51. The molecule has 0 radical (unpaired) electrons. The summed E-state index contributed by atoms with van der Waals surface area (Å²) in [6.45, 7) is 3.74. The maximum Gasteiger partial charge on any atom is 0.323 e. The first-order valence-corrected chi connectivity index (χ1v) is 7.24. The van der Waals surface area contributed by atoms with Gasteiger partial charge < -0.3 is 5.32 Å². The molecular formula is C15H15Cl3N2O. The third-order valence-electron chi connectivity index (χ3n) is 2.71. The smallest absolute Gasteiger partial charge is 0.323 e. The van der Waals surface area contributed by atoms with E-state index in [4.69, 9.17) is 41.2 Å². The van der Waals surface area contributed by atoms with Crippen molar-refractivity contribution in [3.8, 4) is 12.3 Å². The van der Waals surface area contributed by atoms with Crippen LogP contribution in [0.25, 0.3) is 0 Å². The molecule has 0 saturated carbocycles. The largest absolute Gasteiger partial charge is 0.334 e. The van der Waals surface area contributed by atoms with Gasteiger partial charge in [0.2, 0.25) is 0 Å². The Balaban J connectivity index is 3.04. The van der Waals surface area contributed by atoms with Crippen molar-refractivity contribution in [3.63, 3.8) is 0 Å². The van der Waals surface area contributed by atoms with Crippen LogP contribution in [0.1, 0.15) is 13.8 Å². The van der Waals surface area contributed by atoms with Crippen LogP contribution in [0.15, 0.2) is 34.8 Å². The molecule has 0 atom stereocenters. The second-order valence-electron chi connectivity index (χ2n) is 4.70. The van der Waals surface area contributed by atoms with E-state index in [0.29, 0.717) is 10.7 Å². The molecule has 0 heterocycles. The average Bonchev–Trinajstić information content (AvgIpc) is 2.40. The van der Waals surface area contributed by atoms with E-state index < -0.39 is 5.54 Å². The first-order valence-electron chi connectivity index (χ1n) is 6.10. The fraction of sp³-hybridized carbons (Fsp3) is 0.267. The van der Waals surface area contributed by atoms with Crippen LogP contribution in [-0.2, 0) is 0 Å². The normalized spacial score (nSPS) is 10.5. The maximum atomic E-state index is 12.4. The number of nitrogens with zero attached hydrogens (tertiary/aromatic N) is 1. The van der Waals surface area contributed by atoms with Gasteiger partial charge in [0.05, 0.1) is 0 Å². The maximum absolute atomic E-state index is 12.4. The molecular weight excluding hydrogens is 331 g/mol. The van der Waals surface area contributed by atoms with Crippen molar-refractivity contribution in [1.82, 2.24) is 5.32 Å². The number of amides is 2. The van der Waals surface area contributed by atoms with Crippen molar-refractivity contribution in [2.24, 2.45) is 0 Å². The number of urea groups is 1. The number of benzene rings is 1. The van der Waals surface area contributed by atoms with Crippen LogP contribution in [0.5, 0.6) is 0 Å². The Morgan fingerprint density at radius 1 is 1.38 bits per heavy atom. The van der Waals surface area contributed by atoms with Crippen molar-refractivity contribution < 1.29 is 4.79 Å². The summed E-state index contributed by atoms with van der Waals surface area (Å²) in [5, 5.41) is 3.26. The number of halogens is 3. The van der Waals surface area contributed by atoms with E-state index in [0.717, 1.165) is 0 Å². The number of rotatable bonds is 4. The van der Waals surface area contributed by atoms with E-state index in [9.17, 15) is 4.79 Å². The molecule has 112 valence electrons. The minimum absolute atomic E-state index is 0.0875. The molecule has 1 aromatic rings. The second-order valence-corrected chi connectivity index (χ2v) is 6.14. The zero-order chi connectivity index (χ0) is 16.0. The summed E-state index contributed by atoms with van der Waals surface area (Å²) in [5.74, 6) is 2.60. The van der Waals surface area contributed by atoms with Gasteiger partial charge in [-0.3, -0.25) is 4.90 Å². The van der Waals surface area contributed by atoms with Crippen LogP contribution >= 0.6 is 34.8 Å². The van der Waals surface area contributed by atoms with Crippen LogP contribution in [0.2, 0.25) is 5.02 Å². The SMILES string of the molecule is C#CC(C)(C)N(C(=O)NCC=C(Cl)Cl)c1ccc(Cl)cc1. The Kier molecular flexibility index (Phi) is 6.42. The minimum atomic E-state index is -0.813. The molecule has 0 bridgehead atoms. The Labute approximate surface area is 139 Å². The van der Waals surface area contributed by atoms with Crippen molar-refractivity contribution in [1.29, 1.82) is 0 Å². The van der Waals surface area contributed by atoms with Gasteiger partial charge in [0.1, 0.15) is 10.0 Å². The van der Waals surface area contributed by atoms with Gasteiger partial charge in [0.25, 0.3) is 0 Å². The number of nitrogens with one attached hydrogen (secondary N) is 1. The standard InChI is InChI=1S/C15H15Cl3N2O/c1-4-15(2,3)20(12-7-5-11(16)6-8-12)14(21)19-10-9-13(17)18/h1,5-9H,10H2,2-3H3,(H,19,21). The van der Waals surface area contributed by atoms with Gasteiger partial charge in [-0.05, 0) is 44.2 Å². The predicted octanol–water partition coefficient (Wildman–Crippen LogP) is 4.59. The summed E-state index contributed by atoms with van der Waals surface area (Å²) in [7, 11) is 0. The van der Waals surface area contributed by atoms with Gasteiger partial charge in [-0.25, -0.2) is 4.79 Å². The summed E-state index contributed by atoms with van der Waals surface area (Å²) in [6, 6.07) is 6.49. The lowest BCUT2D eigenvalue weighted by Gasteiger charge is -2.34. The van der Waals surface area contributed by atoms with Crippen molar-refractivity contribution in [2.45, 2.75) is 19.4 Å². The average molecular weight is 346 g/mol. The van der Waals surface area contributed by atoms with Gasteiger partial charge in [-0.2, -0.15) is 0 Å². The Morgan fingerprint density at radius 2 is 1.95 bits per heavy atom. The van der Waals surface area contributed by atoms with Gasteiger partial charge in [0, 0.05) is 17.3 Å². The molecule has 0 aliphatic carbocycles. The monoisotopic (exact) mass is 344 g/mol. The fourth-order valence-corrected chi connectivity index (χ4v) is 1.92. The highest BCUT2D eigenvalue weighted by Gasteiger charge is 2.30. The van der Waals surface area contributed by atoms with Crippen LogP contribution in [0.3, 0.4) is 0 Å². The van der Waals surface area contributed by atoms with Gasteiger partial charge in [0.15, 0.2) is 0 Å². The molecule has 0 fully saturated rings. The molecule has 0 aliphatic rings. The number of carbonyl (C=O) groups excluding carboxylic acids is 1. The van der Waals surface area contributed by atoms with Gasteiger partial charge in [-0.15, -0.1) is 6.42 Å². The van der Waals surface area contributed by atoms with E-state index in [1.807, 2.05) is 0 Å². The first-order chi connectivity index (χ1) is 9.77. The number of carbonyl (C=O) groups is 1. The van der Waals surface area contributed by atoms with E-state index in [-0.39, 0.29) is 17.1 Å². The van der Waals surface area contributed by atoms with E-state index >= 15 is 0 Å². The molecule has 1 N–H and O–H groups in total. The number of hydrogen-bond donors (Lipinski definition) is 1.